The van der Waals surface area contributed by atoms with E-state index in [0.717, 1.165) is 18.1 Å². The van der Waals surface area contributed by atoms with Crippen molar-refractivity contribution in [2.24, 2.45) is 0 Å². The van der Waals surface area contributed by atoms with Crippen molar-refractivity contribution in [2.45, 2.75) is 38.9 Å². The molecule has 0 aromatic heterocycles. The van der Waals surface area contributed by atoms with Gasteiger partial charge in [0.1, 0.15) is 11.2 Å². The zero-order chi connectivity index (χ0) is 14.5. The zero-order valence-corrected chi connectivity index (χ0v) is 13.2. The van der Waals surface area contributed by atoms with E-state index in [4.69, 9.17) is 4.74 Å². The van der Waals surface area contributed by atoms with Crippen LogP contribution in [-0.2, 0) is 4.74 Å². The van der Waals surface area contributed by atoms with Gasteiger partial charge >= 0.3 is 6.09 Å². The molecule has 1 aliphatic rings. The minimum atomic E-state index is -0.798. The van der Waals surface area contributed by atoms with E-state index >= 15 is 0 Å². The monoisotopic (exact) mass is 290 g/mol. The van der Waals surface area contributed by atoms with E-state index in [0.29, 0.717) is 19.6 Å². The Hall–Kier alpha value is -0.460. The second-order valence-electron chi connectivity index (χ2n) is 5.93. The summed E-state index contributed by atoms with van der Waals surface area (Å²) in [6, 6.07) is 0. The van der Waals surface area contributed by atoms with Crippen LogP contribution in [0, 0.1) is 0 Å². The molecule has 1 amide bonds. The first-order chi connectivity index (χ1) is 8.76. The summed E-state index contributed by atoms with van der Waals surface area (Å²) < 4.78 is 5.24. The lowest BCUT2D eigenvalue weighted by molar-refractivity contribution is -0.0957. The van der Waals surface area contributed by atoms with Gasteiger partial charge in [0, 0.05) is 18.8 Å². The molecule has 0 unspecified atom stereocenters. The molecule has 5 nitrogen and oxygen atoms in total. The molecule has 1 aliphatic heterocycles. The Kier molecular flexibility index (Phi) is 5.95. The number of β-amino-alcohol motifs (C(OH)–C–C–N with tert-alkyl or cyclic N) is 1. The molecule has 112 valence electrons. The number of rotatable bonds is 6. The molecule has 0 aromatic carbocycles. The molecule has 19 heavy (non-hydrogen) atoms. The number of ether oxygens (including phenoxy) is 1. The van der Waals surface area contributed by atoms with Gasteiger partial charge < -0.3 is 20.1 Å². The summed E-state index contributed by atoms with van der Waals surface area (Å²) in [5, 5.41) is 13.4. The molecule has 0 bridgehead atoms. The number of aliphatic hydroxyl groups is 1. The maximum atomic E-state index is 11.7. The summed E-state index contributed by atoms with van der Waals surface area (Å²) in [4.78, 5) is 13.2. The average Bonchev–Trinajstić information content (AvgIpc) is 2.22. The second-order valence-corrected chi connectivity index (χ2v) is 7.33. The predicted molar refractivity (Wildman–Crippen MR) is 78.6 cm³/mol. The summed E-state index contributed by atoms with van der Waals surface area (Å²) in [5.41, 5.74) is -1.28. The van der Waals surface area contributed by atoms with Crippen LogP contribution >= 0.6 is 11.8 Å². The van der Waals surface area contributed by atoms with Gasteiger partial charge in [0.25, 0.3) is 0 Å². The Morgan fingerprint density at radius 2 is 2.11 bits per heavy atom. The Morgan fingerprint density at radius 3 is 2.63 bits per heavy atom. The topological polar surface area (TPSA) is 61.8 Å². The summed E-state index contributed by atoms with van der Waals surface area (Å²) in [6.07, 6.45) is -0.348. The molecule has 0 aromatic rings. The molecule has 0 radical (unpaired) electrons. The van der Waals surface area contributed by atoms with Crippen molar-refractivity contribution < 1.29 is 14.6 Å². The predicted octanol–water partition coefficient (Wildman–Crippen LogP) is 1.31. The molecular formula is C13H26N2O3S. The molecule has 1 saturated heterocycles. The summed E-state index contributed by atoms with van der Waals surface area (Å²) in [5.74, 6) is 2.15. The molecule has 0 atom stereocenters. The molecule has 2 N–H and O–H groups in total. The summed E-state index contributed by atoms with van der Waals surface area (Å²) in [6.45, 7) is 9.73. The Labute approximate surface area is 120 Å². The highest BCUT2D eigenvalue weighted by atomic mass is 32.2. The van der Waals surface area contributed by atoms with Gasteiger partial charge in [-0.3, -0.25) is 0 Å². The number of amides is 1. The van der Waals surface area contributed by atoms with Crippen LogP contribution in [-0.4, -0.2) is 65.0 Å². The first-order valence-corrected chi connectivity index (χ1v) is 7.90. The lowest BCUT2D eigenvalue weighted by Gasteiger charge is -2.46. The van der Waals surface area contributed by atoms with Crippen LogP contribution in [0.3, 0.4) is 0 Å². The van der Waals surface area contributed by atoms with E-state index in [1.807, 2.05) is 32.5 Å². The molecule has 1 rings (SSSR count). The number of thioether (sulfide) groups is 1. The molecule has 0 aliphatic carbocycles. The van der Waals surface area contributed by atoms with Crippen molar-refractivity contribution in [2.75, 3.05) is 37.7 Å². The highest BCUT2D eigenvalue weighted by Gasteiger charge is 2.44. The first kappa shape index (κ1) is 16.6. The molecule has 1 heterocycles. The van der Waals surface area contributed by atoms with Crippen LogP contribution in [0.15, 0.2) is 0 Å². The minimum Gasteiger partial charge on any atom is -0.444 e. The number of likely N-dealkylation sites (tertiary alicyclic amines) is 1. The van der Waals surface area contributed by atoms with Crippen molar-refractivity contribution in [1.82, 2.24) is 10.2 Å². The quantitative estimate of drug-likeness (QED) is 0.722. The maximum Gasteiger partial charge on any atom is 0.410 e. The van der Waals surface area contributed by atoms with E-state index < -0.39 is 11.2 Å². The van der Waals surface area contributed by atoms with Gasteiger partial charge in [-0.2, -0.15) is 11.8 Å². The van der Waals surface area contributed by atoms with Crippen LogP contribution in [0.4, 0.5) is 4.79 Å². The minimum absolute atomic E-state index is 0.343. The highest BCUT2D eigenvalue weighted by molar-refractivity contribution is 7.99. The number of nitrogens with one attached hydrogen (secondary N) is 1. The third kappa shape index (κ3) is 6.01. The van der Waals surface area contributed by atoms with Crippen LogP contribution in [0.25, 0.3) is 0 Å². The van der Waals surface area contributed by atoms with E-state index in [9.17, 15) is 9.90 Å². The highest BCUT2D eigenvalue weighted by Crippen LogP contribution is 2.22. The summed E-state index contributed by atoms with van der Waals surface area (Å²) >= 11 is 1.87. The third-order valence-corrected chi connectivity index (χ3v) is 3.60. The van der Waals surface area contributed by atoms with Gasteiger partial charge in [0.2, 0.25) is 0 Å². The van der Waals surface area contributed by atoms with Gasteiger partial charge in [-0.25, -0.2) is 4.79 Å². The maximum absolute atomic E-state index is 11.7. The van der Waals surface area contributed by atoms with Crippen molar-refractivity contribution in [3.63, 3.8) is 0 Å². The average molecular weight is 290 g/mol. The van der Waals surface area contributed by atoms with Crippen molar-refractivity contribution in [3.05, 3.63) is 0 Å². The van der Waals surface area contributed by atoms with Crippen molar-refractivity contribution in [3.8, 4) is 0 Å². The first-order valence-electron chi connectivity index (χ1n) is 6.74. The number of nitrogens with zero attached hydrogens (tertiary/aromatic N) is 1. The standard InChI is InChI=1S/C13H26N2O3S/c1-5-19-7-6-14-8-13(17)9-15(10-13)11(16)18-12(2,3)4/h14,17H,5-10H2,1-4H3. The fourth-order valence-electron chi connectivity index (χ4n) is 1.84. The number of carbonyl (C=O) groups excluding carboxylic acids is 1. The van der Waals surface area contributed by atoms with Crippen LogP contribution in [0.2, 0.25) is 0 Å². The molecule has 0 saturated carbocycles. The van der Waals surface area contributed by atoms with Gasteiger partial charge in [-0.05, 0) is 26.5 Å². The second kappa shape index (κ2) is 6.81. The lowest BCUT2D eigenvalue weighted by Crippen LogP contribution is -2.67. The van der Waals surface area contributed by atoms with Crippen LogP contribution < -0.4 is 5.32 Å². The molecular weight excluding hydrogens is 264 g/mol. The molecule has 1 fully saturated rings. The smallest absolute Gasteiger partial charge is 0.410 e. The molecule has 0 spiro atoms. The van der Waals surface area contributed by atoms with Crippen molar-refractivity contribution in [1.29, 1.82) is 0 Å². The largest absolute Gasteiger partial charge is 0.444 e. The van der Waals surface area contributed by atoms with E-state index in [1.165, 1.54) is 4.90 Å². The van der Waals surface area contributed by atoms with Gasteiger partial charge in [0.05, 0.1) is 13.1 Å². The fourth-order valence-corrected chi connectivity index (χ4v) is 2.42. The van der Waals surface area contributed by atoms with Crippen LogP contribution in [0.5, 0.6) is 0 Å². The number of hydrogen-bond acceptors (Lipinski definition) is 5. The number of carbonyl (C=O) groups is 1. The summed E-state index contributed by atoms with van der Waals surface area (Å²) in [7, 11) is 0. The third-order valence-electron chi connectivity index (χ3n) is 2.70. The van der Waals surface area contributed by atoms with Gasteiger partial charge in [-0.15, -0.1) is 0 Å². The lowest BCUT2D eigenvalue weighted by atomic mass is 9.95. The Balaban J connectivity index is 2.18. The normalized spacial score (nSPS) is 18.1. The van der Waals surface area contributed by atoms with E-state index in [2.05, 4.69) is 12.2 Å². The Bertz CT molecular complexity index is 299. The van der Waals surface area contributed by atoms with E-state index in [1.54, 1.807) is 0 Å². The Morgan fingerprint density at radius 1 is 1.47 bits per heavy atom. The van der Waals surface area contributed by atoms with Crippen molar-refractivity contribution >= 4 is 17.9 Å². The van der Waals surface area contributed by atoms with Crippen LogP contribution in [0.1, 0.15) is 27.7 Å². The van der Waals surface area contributed by atoms with Gasteiger partial charge in [-0.1, -0.05) is 6.92 Å². The molecule has 6 heteroatoms. The van der Waals surface area contributed by atoms with Gasteiger partial charge in [0.15, 0.2) is 0 Å². The fraction of sp³-hybridized carbons (Fsp3) is 0.923. The number of hydrogen-bond donors (Lipinski definition) is 2. The zero-order valence-electron chi connectivity index (χ0n) is 12.4. The van der Waals surface area contributed by atoms with E-state index in [-0.39, 0.29) is 6.09 Å². The SMILES string of the molecule is CCSCCNCC1(O)CN(C(=O)OC(C)(C)C)C1.